The molecule has 12 atom stereocenters. The molecule has 0 radical (unpaired) electrons. The summed E-state index contributed by atoms with van der Waals surface area (Å²) in [6.45, 7) is 21.3. The van der Waals surface area contributed by atoms with Crippen molar-refractivity contribution >= 4 is 32.1 Å². The Kier molecular flexibility index (Phi) is 14.5. The minimum Gasteiger partial charge on any atom is -0.444 e. The zero-order valence-electron chi connectivity index (χ0n) is 42.8. The Morgan fingerprint density at radius 2 is 1.16 bits per heavy atom. The van der Waals surface area contributed by atoms with Crippen LogP contribution in [0.25, 0.3) is 0 Å². The molecule has 4 heterocycles. The fraction of sp³-hybridized carbons (Fsp3) is 0.722. The number of hydrogen-bond acceptors (Lipinski definition) is 10. The highest BCUT2D eigenvalue weighted by atomic mass is 16.7. The Hall–Kier alpha value is -3.46. The Morgan fingerprint density at radius 1 is 0.681 bits per heavy atom. The van der Waals surface area contributed by atoms with Crippen LogP contribution in [0.15, 0.2) is 60.7 Å². The van der Waals surface area contributed by atoms with E-state index in [1.165, 1.54) is 18.4 Å². The predicted molar refractivity (Wildman–Crippen MR) is 265 cm³/mol. The van der Waals surface area contributed by atoms with E-state index in [4.69, 9.17) is 32.8 Å². The molecule has 0 spiro atoms. The number of hydrogen-bond donors (Lipinski definition) is 2. The maximum atomic E-state index is 13.3. The first-order valence-electron chi connectivity index (χ1n) is 26.3. The molecule has 15 heteroatoms. The number of carbonyl (C=O) groups excluding carboxylic acids is 3. The first-order chi connectivity index (χ1) is 32.7. The molecular weight excluding hydrogens is 872 g/mol. The topological polar surface area (TPSA) is 143 Å². The van der Waals surface area contributed by atoms with Gasteiger partial charge in [0.2, 0.25) is 11.8 Å². The molecule has 2 aromatic rings. The van der Waals surface area contributed by atoms with Gasteiger partial charge in [0.25, 0.3) is 0 Å². The quantitative estimate of drug-likeness (QED) is 0.202. The van der Waals surface area contributed by atoms with Crippen molar-refractivity contribution in [2.24, 2.45) is 34.5 Å². The molecule has 6 saturated carbocycles. The maximum absolute atomic E-state index is 13.3. The molecule has 2 aromatic carbocycles. The van der Waals surface area contributed by atoms with Crippen LogP contribution in [-0.4, -0.2) is 116 Å². The van der Waals surface area contributed by atoms with Gasteiger partial charge in [0.15, 0.2) is 0 Å². The fourth-order valence-electron chi connectivity index (χ4n) is 13.6. The summed E-state index contributed by atoms with van der Waals surface area (Å²) < 4.78 is 43.6. The molecule has 6 aliphatic carbocycles. The van der Waals surface area contributed by atoms with Crippen molar-refractivity contribution in [1.82, 2.24) is 15.5 Å². The predicted octanol–water partition coefficient (Wildman–Crippen LogP) is 7.95. The molecule has 12 rings (SSSR count). The van der Waals surface area contributed by atoms with Gasteiger partial charge in [0.05, 0.1) is 73.5 Å². The summed E-state index contributed by atoms with van der Waals surface area (Å²) in [5.74, 6) is 1.68. The third-order valence-corrected chi connectivity index (χ3v) is 17.8. The molecular formula is C54H79B2N3O10. The number of morpholine rings is 1. The second-order valence-electron chi connectivity index (χ2n) is 24.2. The zero-order valence-corrected chi connectivity index (χ0v) is 42.8. The summed E-state index contributed by atoms with van der Waals surface area (Å²) in [5, 5.41) is 6.47. The lowest BCUT2D eigenvalue weighted by Gasteiger charge is -2.64. The van der Waals surface area contributed by atoms with Gasteiger partial charge >= 0.3 is 20.3 Å². The average molecular weight is 952 g/mol. The summed E-state index contributed by atoms with van der Waals surface area (Å²) in [6, 6.07) is 20.4. The number of benzene rings is 2. The maximum Gasteiger partial charge on any atom is 0.482 e. The number of carbonyl (C=O) groups is 3. The van der Waals surface area contributed by atoms with Crippen molar-refractivity contribution in [1.29, 1.82) is 0 Å². The smallest absolute Gasteiger partial charge is 0.444 e. The molecule has 10 fully saturated rings. The van der Waals surface area contributed by atoms with Crippen LogP contribution < -0.4 is 10.6 Å². The average Bonchev–Trinajstić information content (AvgIpc) is 3.86. The molecule has 0 unspecified atom stereocenters. The third kappa shape index (κ3) is 10.7. The fourth-order valence-corrected chi connectivity index (χ4v) is 13.6. The minimum atomic E-state index is -0.572. The Morgan fingerprint density at radius 3 is 1.61 bits per heavy atom. The van der Waals surface area contributed by atoms with Crippen LogP contribution in [-0.2, 0) is 55.3 Å². The van der Waals surface area contributed by atoms with Crippen molar-refractivity contribution in [3.05, 3.63) is 71.8 Å². The number of ether oxygens (including phenoxy) is 3. The molecule has 4 bridgehead atoms. The minimum absolute atomic E-state index is 0.0321. The van der Waals surface area contributed by atoms with Crippen molar-refractivity contribution in [3.8, 4) is 0 Å². The van der Waals surface area contributed by atoms with E-state index >= 15 is 0 Å². The van der Waals surface area contributed by atoms with E-state index in [0.29, 0.717) is 68.0 Å². The molecule has 4 aliphatic heterocycles. The first-order valence-corrected chi connectivity index (χ1v) is 26.3. The van der Waals surface area contributed by atoms with Gasteiger partial charge in [-0.15, -0.1) is 0 Å². The molecule has 2 N–H and O–H groups in total. The van der Waals surface area contributed by atoms with E-state index in [9.17, 15) is 14.4 Å². The van der Waals surface area contributed by atoms with Crippen molar-refractivity contribution in [2.45, 2.75) is 186 Å². The lowest BCUT2D eigenvalue weighted by Crippen LogP contribution is -2.65. The van der Waals surface area contributed by atoms with Gasteiger partial charge in [0, 0.05) is 13.2 Å². The second-order valence-corrected chi connectivity index (χ2v) is 24.2. The van der Waals surface area contributed by atoms with Crippen LogP contribution in [0.4, 0.5) is 4.79 Å². The van der Waals surface area contributed by atoms with Crippen LogP contribution in [0.2, 0.25) is 0 Å². The number of nitrogens with zero attached hydrogens (tertiary/aromatic N) is 1. The number of amides is 3. The largest absolute Gasteiger partial charge is 0.482 e. The molecule has 0 aromatic heterocycles. The van der Waals surface area contributed by atoms with Crippen molar-refractivity contribution in [3.63, 3.8) is 0 Å². The Labute approximate surface area is 412 Å². The van der Waals surface area contributed by atoms with Gasteiger partial charge in [0.1, 0.15) is 5.60 Å². The molecule has 376 valence electrons. The second kappa shape index (κ2) is 19.9. The highest BCUT2D eigenvalue weighted by molar-refractivity contribution is 6.48. The Balaban J connectivity index is 0.000000175. The molecule has 69 heavy (non-hydrogen) atoms. The van der Waals surface area contributed by atoms with Crippen LogP contribution >= 0.6 is 0 Å². The lowest BCUT2D eigenvalue weighted by atomic mass is 9.43. The molecule has 3 amide bonds. The standard InChI is InChI=1S/C29H43BN2O6.C25H36BNO4/c1-27(2,3)36-26(34)32-12-13-35-21(18-32)17-25(33)31-24(14-19-10-8-7-9-11-19)30-37-23-16-20-15-22(28(20,4)5)29(23,6)38-30;1-24(2)18-14-20(24)25(3)21(15-18)30-26(31-25)22(13-17-9-5-4-6-10-17)27-23(28)16-19-11-7-8-12-29-19/h7-11,20-24H,12-18H2,1-6H3,(H,31,33);4-6,9-10,18-22H,7-8,11-16H2,1-3H3,(H,27,28)/t20-,21-,22-,23+,24-,29-;18-,19+,20-,21+,22-,25-/m00/s1. The first kappa shape index (κ1) is 50.5. The van der Waals surface area contributed by atoms with Crippen LogP contribution in [0.1, 0.15) is 131 Å². The van der Waals surface area contributed by atoms with Gasteiger partial charge < -0.3 is 48.4 Å². The molecule has 13 nitrogen and oxygen atoms in total. The van der Waals surface area contributed by atoms with Gasteiger partial charge in [-0.1, -0.05) is 88.4 Å². The van der Waals surface area contributed by atoms with Gasteiger partial charge in [-0.3, -0.25) is 9.59 Å². The summed E-state index contributed by atoms with van der Waals surface area (Å²) in [7, 11) is -0.934. The lowest BCUT2D eigenvalue weighted by molar-refractivity contribution is -0.199. The Bertz CT molecular complexity index is 2120. The van der Waals surface area contributed by atoms with E-state index in [2.05, 4.69) is 76.4 Å². The molecule has 10 aliphatic rings. The molecule has 4 saturated heterocycles. The number of rotatable bonds is 12. The third-order valence-electron chi connectivity index (χ3n) is 17.8. The normalized spacial score (nSPS) is 34.6. The van der Waals surface area contributed by atoms with Crippen molar-refractivity contribution < 1.29 is 47.2 Å². The van der Waals surface area contributed by atoms with E-state index in [1.54, 1.807) is 4.90 Å². The van der Waals surface area contributed by atoms with Gasteiger partial charge in [-0.2, -0.15) is 0 Å². The summed E-state index contributed by atoms with van der Waals surface area (Å²) >= 11 is 0. The van der Waals surface area contributed by atoms with E-state index in [-0.39, 0.29) is 71.1 Å². The van der Waals surface area contributed by atoms with Gasteiger partial charge in [-0.25, -0.2) is 4.79 Å². The van der Waals surface area contributed by atoms with Gasteiger partial charge in [-0.05, 0) is 138 Å². The number of nitrogens with one attached hydrogen (secondary N) is 2. The van der Waals surface area contributed by atoms with E-state index in [1.807, 2.05) is 57.2 Å². The monoisotopic (exact) mass is 952 g/mol. The SMILES string of the molecule is CC(C)(C)OC(=O)N1CCO[C@@H](CC(=O)N[C@@H](Cc2ccccc2)B2O[C@@H]3C[C@@H]4C[C@@H](C4(C)C)[C@]3(C)O2)C1.CC1(C)[C@@H]2C[C@H]3OB([C@H](Cc4ccccc4)NC(=O)C[C@H]4CCCCO4)O[C@@]3(C)[C@H]1C2. The zero-order chi connectivity index (χ0) is 48.9. The van der Waals surface area contributed by atoms with Crippen LogP contribution in [0.5, 0.6) is 0 Å². The highest BCUT2D eigenvalue weighted by Gasteiger charge is 2.70. The highest BCUT2D eigenvalue weighted by Crippen LogP contribution is 2.67. The van der Waals surface area contributed by atoms with Crippen LogP contribution in [0.3, 0.4) is 0 Å². The summed E-state index contributed by atoms with van der Waals surface area (Å²) in [4.78, 5) is 40.4. The summed E-state index contributed by atoms with van der Waals surface area (Å²) in [5.41, 5.74) is 1.66. The van der Waals surface area contributed by atoms with Crippen LogP contribution in [0, 0.1) is 34.5 Å². The summed E-state index contributed by atoms with van der Waals surface area (Å²) in [6.07, 6.45) is 8.94. The van der Waals surface area contributed by atoms with E-state index in [0.717, 1.165) is 44.3 Å². The van der Waals surface area contributed by atoms with E-state index < -0.39 is 25.9 Å². The van der Waals surface area contributed by atoms with Crippen molar-refractivity contribution in [2.75, 3.05) is 26.3 Å².